The fourth-order valence-electron chi connectivity index (χ4n) is 2.69. The zero-order valence-corrected chi connectivity index (χ0v) is 17.3. The van der Waals surface area contributed by atoms with Crippen molar-refractivity contribution in [2.45, 2.75) is 32.4 Å². The van der Waals surface area contributed by atoms with Gasteiger partial charge in [0.2, 0.25) is 0 Å². The molecule has 0 fully saturated rings. The highest BCUT2D eigenvalue weighted by molar-refractivity contribution is 7.99. The number of ether oxygens (including phenoxy) is 1. The fraction of sp³-hybridized carbons (Fsp3) is 0.450. The number of methoxy groups -OCH3 is 1. The lowest BCUT2D eigenvalue weighted by atomic mass is 10.1. The van der Waals surface area contributed by atoms with Gasteiger partial charge in [0.1, 0.15) is 17.8 Å². The summed E-state index contributed by atoms with van der Waals surface area (Å²) in [5.74, 6) is 1.84. The molecule has 28 heavy (non-hydrogen) atoms. The van der Waals surface area contributed by atoms with Crippen LogP contribution in [0.2, 0.25) is 0 Å². The van der Waals surface area contributed by atoms with Crippen molar-refractivity contribution < 1.29 is 9.53 Å². The van der Waals surface area contributed by atoms with E-state index in [2.05, 4.69) is 39.7 Å². The maximum absolute atomic E-state index is 12.3. The molecule has 1 amide bonds. The lowest BCUT2D eigenvalue weighted by Gasteiger charge is -2.16. The van der Waals surface area contributed by atoms with Crippen molar-refractivity contribution >= 4 is 23.5 Å². The minimum absolute atomic E-state index is 0.141. The van der Waals surface area contributed by atoms with E-state index in [1.54, 1.807) is 24.9 Å². The van der Waals surface area contributed by atoms with E-state index in [4.69, 9.17) is 10.5 Å². The van der Waals surface area contributed by atoms with Crippen LogP contribution < -0.4 is 16.4 Å². The van der Waals surface area contributed by atoms with E-state index in [-0.39, 0.29) is 11.9 Å². The van der Waals surface area contributed by atoms with E-state index in [1.807, 2.05) is 12.1 Å². The Morgan fingerprint density at radius 1 is 1.29 bits per heavy atom. The summed E-state index contributed by atoms with van der Waals surface area (Å²) in [6.45, 7) is 3.19. The predicted molar refractivity (Wildman–Crippen MR) is 114 cm³/mol. The van der Waals surface area contributed by atoms with Gasteiger partial charge < -0.3 is 21.1 Å². The number of hydrogen-bond donors (Lipinski definition) is 3. The largest absolute Gasteiger partial charge is 0.383 e. The molecule has 0 radical (unpaired) electrons. The molecule has 8 heteroatoms. The lowest BCUT2D eigenvalue weighted by Crippen LogP contribution is -2.26. The Kier molecular flexibility index (Phi) is 9.74. The van der Waals surface area contributed by atoms with E-state index in [0.717, 1.165) is 18.6 Å². The first-order valence-electron chi connectivity index (χ1n) is 9.38. The van der Waals surface area contributed by atoms with Gasteiger partial charge in [-0.2, -0.15) is 0 Å². The Labute approximate surface area is 170 Å². The molecule has 0 saturated carbocycles. The zero-order valence-electron chi connectivity index (χ0n) is 16.5. The van der Waals surface area contributed by atoms with Gasteiger partial charge in [-0.25, -0.2) is 9.97 Å². The molecule has 4 N–H and O–H groups in total. The average Bonchev–Trinajstić information content (AvgIpc) is 2.73. The molecule has 2 aromatic rings. The molecule has 7 nitrogen and oxygen atoms in total. The highest BCUT2D eigenvalue weighted by Gasteiger charge is 2.11. The van der Waals surface area contributed by atoms with Crippen molar-refractivity contribution in [2.75, 3.05) is 30.7 Å². The minimum atomic E-state index is -0.208. The van der Waals surface area contributed by atoms with Crippen LogP contribution >= 0.6 is 11.8 Å². The van der Waals surface area contributed by atoms with Gasteiger partial charge in [0.25, 0.3) is 5.91 Å². The predicted octanol–water partition coefficient (Wildman–Crippen LogP) is 2.44. The number of thioether (sulfide) groups is 1. The number of nitrogens with two attached hydrogens (primary N) is 1. The van der Waals surface area contributed by atoms with Gasteiger partial charge in [-0.15, -0.1) is 11.8 Å². The van der Waals surface area contributed by atoms with Crippen LogP contribution in [0.1, 0.15) is 35.0 Å². The molecule has 0 aliphatic rings. The molecule has 1 heterocycles. The van der Waals surface area contributed by atoms with E-state index >= 15 is 0 Å². The third kappa shape index (κ3) is 7.10. The summed E-state index contributed by atoms with van der Waals surface area (Å²) in [6, 6.07) is 9.99. The minimum Gasteiger partial charge on any atom is -0.383 e. The van der Waals surface area contributed by atoms with Crippen LogP contribution in [0.4, 0.5) is 5.82 Å². The highest BCUT2D eigenvalue weighted by Crippen LogP contribution is 2.12. The monoisotopic (exact) mass is 403 g/mol. The van der Waals surface area contributed by atoms with E-state index in [1.165, 1.54) is 17.5 Å². The number of aromatic nitrogens is 2. The Balaban J connectivity index is 1.77. The van der Waals surface area contributed by atoms with Crippen molar-refractivity contribution in [3.8, 4) is 0 Å². The molecule has 0 bridgehead atoms. The van der Waals surface area contributed by atoms with Crippen LogP contribution in [0.3, 0.4) is 0 Å². The summed E-state index contributed by atoms with van der Waals surface area (Å²) in [6.07, 6.45) is 3.21. The fourth-order valence-corrected chi connectivity index (χ4v) is 3.44. The second kappa shape index (κ2) is 12.3. The van der Waals surface area contributed by atoms with Gasteiger partial charge in [0.05, 0.1) is 18.5 Å². The van der Waals surface area contributed by atoms with Gasteiger partial charge in [0.15, 0.2) is 0 Å². The maximum atomic E-state index is 12.3. The van der Waals surface area contributed by atoms with Crippen molar-refractivity contribution in [3.05, 3.63) is 53.5 Å². The Morgan fingerprint density at radius 2 is 2.07 bits per heavy atom. The van der Waals surface area contributed by atoms with Gasteiger partial charge in [-0.05, 0) is 29.7 Å². The second-order valence-electron chi connectivity index (χ2n) is 6.27. The van der Waals surface area contributed by atoms with Crippen LogP contribution in [0.25, 0.3) is 0 Å². The van der Waals surface area contributed by atoms with Crippen LogP contribution in [-0.4, -0.2) is 47.3 Å². The number of nitrogens with one attached hydrogen (secondary N) is 2. The number of anilines is 1. The van der Waals surface area contributed by atoms with Crippen molar-refractivity contribution in [3.63, 3.8) is 0 Å². The topological polar surface area (TPSA) is 102 Å². The van der Waals surface area contributed by atoms with E-state index in [9.17, 15) is 4.79 Å². The summed E-state index contributed by atoms with van der Waals surface area (Å²) >= 11 is 1.67. The number of nitrogens with zero attached hydrogens (tertiary/aromatic N) is 2. The SMILES string of the molecule is CCC(COC)Nc1cc(C(=O)NCSCCc2ccccc2CN)ncn1. The Bertz CT molecular complexity index is 744. The first kappa shape index (κ1) is 22.1. The Morgan fingerprint density at radius 3 is 2.79 bits per heavy atom. The molecule has 2 rings (SSSR count). The number of carbonyl (C=O) groups excluding carboxylic acids is 1. The van der Waals surface area contributed by atoms with Crippen molar-refractivity contribution in [2.24, 2.45) is 5.73 Å². The average molecular weight is 404 g/mol. The third-order valence-electron chi connectivity index (χ3n) is 4.30. The molecular formula is C20H29N5O2S. The first-order valence-corrected chi connectivity index (χ1v) is 10.5. The van der Waals surface area contributed by atoms with Gasteiger partial charge in [-0.3, -0.25) is 4.79 Å². The molecule has 152 valence electrons. The number of rotatable bonds is 12. The van der Waals surface area contributed by atoms with Crippen molar-refractivity contribution in [1.82, 2.24) is 15.3 Å². The summed E-state index contributed by atoms with van der Waals surface area (Å²) in [4.78, 5) is 20.6. The summed E-state index contributed by atoms with van der Waals surface area (Å²) in [5, 5.41) is 6.15. The molecule has 0 spiro atoms. The third-order valence-corrected chi connectivity index (χ3v) is 5.14. The smallest absolute Gasteiger partial charge is 0.270 e. The van der Waals surface area contributed by atoms with Crippen LogP contribution in [0, 0.1) is 0 Å². The first-order chi connectivity index (χ1) is 13.7. The number of benzene rings is 1. The molecule has 1 unspecified atom stereocenters. The van der Waals surface area contributed by atoms with E-state index in [0.29, 0.717) is 30.5 Å². The van der Waals surface area contributed by atoms with E-state index < -0.39 is 0 Å². The highest BCUT2D eigenvalue weighted by atomic mass is 32.2. The normalized spacial score (nSPS) is 11.8. The summed E-state index contributed by atoms with van der Waals surface area (Å²) in [7, 11) is 1.66. The molecule has 1 aromatic carbocycles. The van der Waals surface area contributed by atoms with Crippen LogP contribution in [0.15, 0.2) is 36.7 Å². The van der Waals surface area contributed by atoms with Gasteiger partial charge >= 0.3 is 0 Å². The number of carbonyl (C=O) groups is 1. The lowest BCUT2D eigenvalue weighted by molar-refractivity contribution is 0.0956. The molecule has 0 saturated heterocycles. The molecule has 1 aromatic heterocycles. The molecule has 0 aliphatic heterocycles. The molecular weight excluding hydrogens is 374 g/mol. The maximum Gasteiger partial charge on any atom is 0.270 e. The standard InChI is InChI=1S/C20H29N5O2S/c1-3-17(12-27-2)25-19-10-18(22-13-23-19)20(26)24-14-28-9-8-15-6-4-5-7-16(15)11-21/h4-7,10,13,17H,3,8-9,11-12,14,21H2,1-2H3,(H,24,26)(H,22,23,25). The van der Waals surface area contributed by atoms with Gasteiger partial charge in [0, 0.05) is 19.7 Å². The molecule has 1 atom stereocenters. The second-order valence-corrected chi connectivity index (χ2v) is 7.38. The van der Waals surface area contributed by atoms with Gasteiger partial charge in [-0.1, -0.05) is 31.2 Å². The van der Waals surface area contributed by atoms with Crippen molar-refractivity contribution in [1.29, 1.82) is 0 Å². The summed E-state index contributed by atoms with van der Waals surface area (Å²) < 4.78 is 5.17. The number of amides is 1. The van der Waals surface area contributed by atoms with Crippen LogP contribution in [-0.2, 0) is 17.7 Å². The number of hydrogen-bond acceptors (Lipinski definition) is 7. The van der Waals surface area contributed by atoms with Crippen LogP contribution in [0.5, 0.6) is 0 Å². The number of aryl methyl sites for hydroxylation is 1. The molecule has 0 aliphatic carbocycles. The zero-order chi connectivity index (χ0) is 20.2. The Hall–Kier alpha value is -2.16. The quantitative estimate of drug-likeness (QED) is 0.369. The summed E-state index contributed by atoms with van der Waals surface area (Å²) in [5.41, 5.74) is 8.55.